The molecule has 1 fully saturated rings. The van der Waals surface area contributed by atoms with Gasteiger partial charge in [0.1, 0.15) is 6.04 Å². The highest BCUT2D eigenvalue weighted by molar-refractivity contribution is 5.88. The summed E-state index contributed by atoms with van der Waals surface area (Å²) in [6.45, 7) is 5.17. The molecule has 0 radical (unpaired) electrons. The Morgan fingerprint density at radius 3 is 2.67 bits per heavy atom. The third kappa shape index (κ3) is 3.43. The number of hydrogen-bond acceptors (Lipinski definition) is 4. The van der Waals surface area contributed by atoms with Crippen molar-refractivity contribution in [2.45, 2.75) is 25.9 Å². The van der Waals surface area contributed by atoms with Gasteiger partial charge in [-0.2, -0.15) is 0 Å². The highest BCUT2D eigenvalue weighted by Gasteiger charge is 2.34. The zero-order valence-corrected chi connectivity index (χ0v) is 11.5. The molecule has 0 aliphatic carbocycles. The standard InChI is InChI=1S/C12H23N3O3/c1-5-15(4)12(17)8(2)14-11(16)9-6-18-7-10(9)13-3/h8-10,13H,5-7H2,1-4H3,(H,14,16). The van der Waals surface area contributed by atoms with Crippen LogP contribution in [-0.4, -0.2) is 62.7 Å². The van der Waals surface area contributed by atoms with E-state index in [1.54, 1.807) is 25.9 Å². The Balaban J connectivity index is 2.51. The summed E-state index contributed by atoms with van der Waals surface area (Å²) in [5, 5.41) is 5.80. The Bertz CT molecular complexity index is 309. The van der Waals surface area contributed by atoms with E-state index in [0.29, 0.717) is 19.8 Å². The monoisotopic (exact) mass is 257 g/mol. The minimum absolute atomic E-state index is 0.0243. The van der Waals surface area contributed by atoms with E-state index in [4.69, 9.17) is 4.74 Å². The van der Waals surface area contributed by atoms with Crippen LogP contribution < -0.4 is 10.6 Å². The Hall–Kier alpha value is -1.14. The van der Waals surface area contributed by atoms with E-state index < -0.39 is 6.04 Å². The van der Waals surface area contributed by atoms with E-state index >= 15 is 0 Å². The fraction of sp³-hybridized carbons (Fsp3) is 0.833. The smallest absolute Gasteiger partial charge is 0.244 e. The number of nitrogens with one attached hydrogen (secondary N) is 2. The number of carbonyl (C=O) groups is 2. The van der Waals surface area contributed by atoms with Crippen LogP contribution in [-0.2, 0) is 14.3 Å². The SMILES string of the molecule is CCN(C)C(=O)C(C)NC(=O)C1COCC1NC. The number of carbonyl (C=O) groups excluding carboxylic acids is 2. The molecule has 0 saturated carbocycles. The summed E-state index contributed by atoms with van der Waals surface area (Å²) >= 11 is 0. The molecule has 1 aliphatic rings. The van der Waals surface area contributed by atoms with Crippen LogP contribution in [0.3, 0.4) is 0 Å². The molecule has 1 saturated heterocycles. The lowest BCUT2D eigenvalue weighted by atomic mass is 10.0. The maximum Gasteiger partial charge on any atom is 0.244 e. The van der Waals surface area contributed by atoms with Crippen LogP contribution in [0.25, 0.3) is 0 Å². The molecule has 6 heteroatoms. The van der Waals surface area contributed by atoms with Gasteiger partial charge < -0.3 is 20.3 Å². The van der Waals surface area contributed by atoms with Gasteiger partial charge in [0, 0.05) is 19.6 Å². The second kappa shape index (κ2) is 6.70. The van der Waals surface area contributed by atoms with Gasteiger partial charge in [0.05, 0.1) is 19.1 Å². The van der Waals surface area contributed by atoms with Crippen LogP contribution in [0.5, 0.6) is 0 Å². The van der Waals surface area contributed by atoms with Gasteiger partial charge in [-0.15, -0.1) is 0 Å². The molecule has 3 atom stereocenters. The van der Waals surface area contributed by atoms with E-state index in [1.807, 2.05) is 6.92 Å². The molecule has 1 aliphatic heterocycles. The van der Waals surface area contributed by atoms with Crippen LogP contribution >= 0.6 is 0 Å². The van der Waals surface area contributed by atoms with Gasteiger partial charge in [-0.25, -0.2) is 0 Å². The first-order valence-corrected chi connectivity index (χ1v) is 6.31. The van der Waals surface area contributed by atoms with Gasteiger partial charge in [0.25, 0.3) is 0 Å². The van der Waals surface area contributed by atoms with Crippen LogP contribution in [0.2, 0.25) is 0 Å². The van der Waals surface area contributed by atoms with Crippen LogP contribution in [0.4, 0.5) is 0 Å². The van der Waals surface area contributed by atoms with Crippen molar-refractivity contribution in [1.29, 1.82) is 0 Å². The molecule has 0 aromatic rings. The van der Waals surface area contributed by atoms with E-state index in [0.717, 1.165) is 0 Å². The number of likely N-dealkylation sites (N-methyl/N-ethyl adjacent to an activating group) is 2. The zero-order chi connectivity index (χ0) is 13.7. The van der Waals surface area contributed by atoms with Gasteiger partial charge in [-0.1, -0.05) is 0 Å². The van der Waals surface area contributed by atoms with E-state index in [-0.39, 0.29) is 23.8 Å². The zero-order valence-electron chi connectivity index (χ0n) is 11.5. The highest BCUT2D eigenvalue weighted by atomic mass is 16.5. The van der Waals surface area contributed by atoms with E-state index in [1.165, 1.54) is 0 Å². The molecule has 0 spiro atoms. The van der Waals surface area contributed by atoms with Crippen molar-refractivity contribution in [2.75, 3.05) is 33.9 Å². The molecular weight excluding hydrogens is 234 g/mol. The van der Waals surface area contributed by atoms with Crippen LogP contribution in [0, 0.1) is 5.92 Å². The highest BCUT2D eigenvalue weighted by Crippen LogP contribution is 2.13. The molecule has 1 heterocycles. The van der Waals surface area contributed by atoms with E-state index in [9.17, 15) is 9.59 Å². The Kier molecular flexibility index (Phi) is 5.55. The van der Waals surface area contributed by atoms with Crippen molar-refractivity contribution >= 4 is 11.8 Å². The molecule has 104 valence electrons. The van der Waals surface area contributed by atoms with Crippen molar-refractivity contribution in [3.63, 3.8) is 0 Å². The lowest BCUT2D eigenvalue weighted by molar-refractivity contribution is -0.136. The Morgan fingerprint density at radius 1 is 1.44 bits per heavy atom. The molecule has 1 rings (SSSR count). The van der Waals surface area contributed by atoms with Crippen molar-refractivity contribution in [2.24, 2.45) is 5.92 Å². The first kappa shape index (κ1) is 14.9. The minimum atomic E-state index is -0.499. The van der Waals surface area contributed by atoms with E-state index in [2.05, 4.69) is 10.6 Å². The number of hydrogen-bond donors (Lipinski definition) is 2. The predicted molar refractivity (Wildman–Crippen MR) is 68.1 cm³/mol. The molecule has 0 aromatic carbocycles. The third-order valence-corrected chi connectivity index (χ3v) is 3.37. The number of nitrogens with zero attached hydrogens (tertiary/aromatic N) is 1. The van der Waals surface area contributed by atoms with Gasteiger partial charge in [-0.05, 0) is 20.9 Å². The molecule has 2 N–H and O–H groups in total. The van der Waals surface area contributed by atoms with Crippen molar-refractivity contribution < 1.29 is 14.3 Å². The van der Waals surface area contributed by atoms with Crippen molar-refractivity contribution in [3.05, 3.63) is 0 Å². The normalized spacial score (nSPS) is 24.7. The minimum Gasteiger partial charge on any atom is -0.379 e. The summed E-state index contributed by atoms with van der Waals surface area (Å²) in [6.07, 6.45) is 0. The van der Waals surface area contributed by atoms with Gasteiger partial charge >= 0.3 is 0 Å². The topological polar surface area (TPSA) is 70.7 Å². The number of amides is 2. The molecule has 18 heavy (non-hydrogen) atoms. The van der Waals surface area contributed by atoms with Crippen LogP contribution in [0.15, 0.2) is 0 Å². The molecule has 0 aromatic heterocycles. The summed E-state index contributed by atoms with van der Waals surface area (Å²) < 4.78 is 5.27. The summed E-state index contributed by atoms with van der Waals surface area (Å²) in [6, 6.07) is -0.475. The maximum atomic E-state index is 12.0. The average molecular weight is 257 g/mol. The lowest BCUT2D eigenvalue weighted by Crippen LogP contribution is -2.50. The second-order valence-corrected chi connectivity index (χ2v) is 4.62. The van der Waals surface area contributed by atoms with Crippen molar-refractivity contribution in [1.82, 2.24) is 15.5 Å². The summed E-state index contributed by atoms with van der Waals surface area (Å²) in [5.41, 5.74) is 0. The summed E-state index contributed by atoms with van der Waals surface area (Å²) in [5.74, 6) is -0.430. The first-order valence-electron chi connectivity index (χ1n) is 6.31. The first-order chi connectivity index (χ1) is 8.51. The summed E-state index contributed by atoms with van der Waals surface area (Å²) in [7, 11) is 3.53. The predicted octanol–water partition coefficient (Wildman–Crippen LogP) is -0.796. The Morgan fingerprint density at radius 2 is 2.11 bits per heavy atom. The van der Waals surface area contributed by atoms with Crippen molar-refractivity contribution in [3.8, 4) is 0 Å². The number of ether oxygens (including phenoxy) is 1. The molecular formula is C12H23N3O3. The lowest BCUT2D eigenvalue weighted by Gasteiger charge is -2.23. The molecule has 3 unspecified atom stereocenters. The van der Waals surface area contributed by atoms with Gasteiger partial charge in [0.2, 0.25) is 11.8 Å². The summed E-state index contributed by atoms with van der Waals surface area (Å²) in [4.78, 5) is 25.5. The third-order valence-electron chi connectivity index (χ3n) is 3.37. The quantitative estimate of drug-likeness (QED) is 0.677. The average Bonchev–Trinajstić information content (AvgIpc) is 2.84. The second-order valence-electron chi connectivity index (χ2n) is 4.62. The number of rotatable bonds is 5. The largest absolute Gasteiger partial charge is 0.379 e. The Labute approximate surface area is 108 Å². The molecule has 2 amide bonds. The fourth-order valence-corrected chi connectivity index (χ4v) is 1.97. The fourth-order valence-electron chi connectivity index (χ4n) is 1.97. The molecule has 0 bridgehead atoms. The van der Waals surface area contributed by atoms with Gasteiger partial charge in [-0.3, -0.25) is 9.59 Å². The molecule has 6 nitrogen and oxygen atoms in total. The van der Waals surface area contributed by atoms with Gasteiger partial charge in [0.15, 0.2) is 0 Å². The maximum absolute atomic E-state index is 12.0. The van der Waals surface area contributed by atoms with Crippen LogP contribution in [0.1, 0.15) is 13.8 Å².